The van der Waals surface area contributed by atoms with Crippen molar-refractivity contribution in [2.45, 2.75) is 12.3 Å². The highest BCUT2D eigenvalue weighted by Crippen LogP contribution is 2.45. The Kier molecular flexibility index (Phi) is 3.33. The first kappa shape index (κ1) is 13.3. The lowest BCUT2D eigenvalue weighted by molar-refractivity contribution is 0.415. The number of ether oxygens (including phenoxy) is 1. The quantitative estimate of drug-likeness (QED) is 0.756. The third kappa shape index (κ3) is 2.04. The summed E-state index contributed by atoms with van der Waals surface area (Å²) >= 11 is 12.4. The first-order valence-electron chi connectivity index (χ1n) is 6.20. The number of benzene rings is 2. The molecule has 0 heterocycles. The number of hydrogen-bond donors (Lipinski definition) is 0. The molecule has 100 valence electrons. The maximum Gasteiger partial charge on any atom is 0.119 e. The van der Waals surface area contributed by atoms with Crippen molar-refractivity contribution in [3.05, 3.63) is 51.5 Å². The summed E-state index contributed by atoms with van der Waals surface area (Å²) in [6, 6.07) is 11.8. The largest absolute Gasteiger partial charge is 0.497 e. The van der Waals surface area contributed by atoms with Gasteiger partial charge < -0.3 is 4.74 Å². The topological polar surface area (TPSA) is 33.0 Å². The lowest BCUT2D eigenvalue weighted by Crippen LogP contribution is -2.10. The molecule has 1 aliphatic rings. The van der Waals surface area contributed by atoms with E-state index in [-0.39, 0.29) is 5.92 Å². The minimum absolute atomic E-state index is 0.240. The van der Waals surface area contributed by atoms with Gasteiger partial charge in [0.25, 0.3) is 0 Å². The summed E-state index contributed by atoms with van der Waals surface area (Å²) in [5, 5.41) is 10.5. The Labute approximate surface area is 127 Å². The van der Waals surface area contributed by atoms with Gasteiger partial charge in [-0.3, -0.25) is 0 Å². The van der Waals surface area contributed by atoms with E-state index < -0.39 is 0 Å². The molecule has 2 nitrogen and oxygen atoms in total. The molecule has 2 aromatic rings. The van der Waals surface area contributed by atoms with Gasteiger partial charge in [-0.1, -0.05) is 29.3 Å². The second-order valence-corrected chi connectivity index (χ2v) is 5.60. The number of nitrogens with zero attached hydrogens (tertiary/aromatic N) is 1. The molecule has 0 N–H and O–H groups in total. The van der Waals surface area contributed by atoms with E-state index in [2.05, 4.69) is 6.07 Å². The zero-order valence-corrected chi connectivity index (χ0v) is 12.3. The molecule has 0 fully saturated rings. The fraction of sp³-hybridized carbons (Fsp3) is 0.188. The molecule has 2 aromatic carbocycles. The number of methoxy groups -OCH3 is 1. The fourth-order valence-corrected chi connectivity index (χ4v) is 3.33. The molecule has 0 bridgehead atoms. The highest BCUT2D eigenvalue weighted by molar-refractivity contribution is 6.35. The molecule has 20 heavy (non-hydrogen) atoms. The smallest absolute Gasteiger partial charge is 0.119 e. The third-order valence-electron chi connectivity index (χ3n) is 3.63. The molecule has 0 radical (unpaired) electrons. The van der Waals surface area contributed by atoms with Gasteiger partial charge in [-0.25, -0.2) is 0 Å². The molecule has 0 spiro atoms. The monoisotopic (exact) mass is 303 g/mol. The van der Waals surface area contributed by atoms with Crippen molar-refractivity contribution in [2.75, 3.05) is 7.11 Å². The summed E-state index contributed by atoms with van der Waals surface area (Å²) in [7, 11) is 1.63. The van der Waals surface area contributed by atoms with Crippen molar-refractivity contribution in [1.29, 1.82) is 5.26 Å². The molecule has 0 aromatic heterocycles. The number of nitriles is 1. The number of fused-ring (bicyclic) bond motifs is 3. The summed E-state index contributed by atoms with van der Waals surface area (Å²) in [5.74, 6) is 0.539. The molecule has 0 amide bonds. The van der Waals surface area contributed by atoms with Gasteiger partial charge in [0.2, 0.25) is 0 Å². The Bertz CT molecular complexity index is 734. The second kappa shape index (κ2) is 5.01. The second-order valence-electron chi connectivity index (χ2n) is 4.76. The van der Waals surface area contributed by atoms with Gasteiger partial charge in [0.05, 0.1) is 19.1 Å². The van der Waals surface area contributed by atoms with Gasteiger partial charge in [-0.2, -0.15) is 5.26 Å². The highest BCUT2D eigenvalue weighted by Gasteiger charge is 2.27. The summed E-state index contributed by atoms with van der Waals surface area (Å²) in [4.78, 5) is 0. The van der Waals surface area contributed by atoms with Crippen molar-refractivity contribution in [1.82, 2.24) is 0 Å². The van der Waals surface area contributed by atoms with Crippen LogP contribution in [0.5, 0.6) is 5.75 Å². The third-order valence-corrected chi connectivity index (χ3v) is 4.16. The maximum atomic E-state index is 9.39. The first-order chi connectivity index (χ1) is 9.63. The van der Waals surface area contributed by atoms with Crippen LogP contribution in [0.15, 0.2) is 30.3 Å². The van der Waals surface area contributed by atoms with E-state index in [1.165, 1.54) is 0 Å². The predicted octanol–water partition coefficient (Wildman–Crippen LogP) is 4.83. The summed E-state index contributed by atoms with van der Waals surface area (Å²) in [6.45, 7) is 0. The lowest BCUT2D eigenvalue weighted by atomic mass is 9.79. The van der Waals surface area contributed by atoms with Crippen LogP contribution in [-0.4, -0.2) is 7.11 Å². The van der Waals surface area contributed by atoms with E-state index in [0.29, 0.717) is 16.5 Å². The molecule has 4 heteroatoms. The van der Waals surface area contributed by atoms with E-state index in [9.17, 15) is 5.26 Å². The minimum atomic E-state index is -0.240. The van der Waals surface area contributed by atoms with E-state index in [1.807, 2.05) is 24.3 Å². The van der Waals surface area contributed by atoms with Crippen LogP contribution in [0, 0.1) is 11.3 Å². The van der Waals surface area contributed by atoms with Crippen LogP contribution in [0.3, 0.4) is 0 Å². The predicted molar refractivity (Wildman–Crippen MR) is 80.5 cm³/mol. The Morgan fingerprint density at radius 3 is 2.70 bits per heavy atom. The van der Waals surface area contributed by atoms with Gasteiger partial charge in [-0.15, -0.1) is 0 Å². The molecule has 0 aliphatic heterocycles. The van der Waals surface area contributed by atoms with E-state index in [4.69, 9.17) is 27.9 Å². The van der Waals surface area contributed by atoms with Gasteiger partial charge >= 0.3 is 0 Å². The standard InChI is InChI=1S/C16H11Cl2NO/c1-20-12-3-2-9-4-10(8-19)16-14(13(9)7-12)5-11(17)6-15(16)18/h2-3,5-7,10H,4H2,1H3. The van der Waals surface area contributed by atoms with Gasteiger partial charge in [0.1, 0.15) is 5.75 Å². The van der Waals surface area contributed by atoms with E-state index in [1.54, 1.807) is 13.2 Å². The molecular weight excluding hydrogens is 293 g/mol. The average molecular weight is 304 g/mol. The van der Waals surface area contributed by atoms with E-state index in [0.717, 1.165) is 28.0 Å². The average Bonchev–Trinajstić information content (AvgIpc) is 2.45. The van der Waals surface area contributed by atoms with Crippen LogP contribution in [0.1, 0.15) is 17.0 Å². The van der Waals surface area contributed by atoms with Crippen LogP contribution in [0.2, 0.25) is 10.0 Å². The van der Waals surface area contributed by atoms with Crippen LogP contribution in [0.25, 0.3) is 11.1 Å². The normalized spacial score (nSPS) is 16.0. The van der Waals surface area contributed by atoms with Gasteiger partial charge in [-0.05, 0) is 52.9 Å². The van der Waals surface area contributed by atoms with Crippen LogP contribution >= 0.6 is 23.2 Å². The zero-order valence-electron chi connectivity index (χ0n) is 10.8. The van der Waals surface area contributed by atoms with Gasteiger partial charge in [0.15, 0.2) is 0 Å². The van der Waals surface area contributed by atoms with E-state index >= 15 is 0 Å². The van der Waals surface area contributed by atoms with Crippen molar-refractivity contribution in [3.8, 4) is 22.9 Å². The van der Waals surface area contributed by atoms with Crippen molar-refractivity contribution < 1.29 is 4.74 Å². The molecule has 1 unspecified atom stereocenters. The van der Waals surface area contributed by atoms with Crippen molar-refractivity contribution >= 4 is 23.2 Å². The Balaban J connectivity index is 2.31. The maximum absolute atomic E-state index is 9.39. The lowest BCUT2D eigenvalue weighted by Gasteiger charge is -2.25. The zero-order chi connectivity index (χ0) is 14.3. The van der Waals surface area contributed by atoms with Crippen molar-refractivity contribution in [3.63, 3.8) is 0 Å². The van der Waals surface area contributed by atoms with Crippen LogP contribution in [0.4, 0.5) is 0 Å². The Hall–Kier alpha value is -1.69. The first-order valence-corrected chi connectivity index (χ1v) is 6.95. The van der Waals surface area contributed by atoms with Crippen LogP contribution < -0.4 is 4.74 Å². The highest BCUT2D eigenvalue weighted by atomic mass is 35.5. The van der Waals surface area contributed by atoms with Gasteiger partial charge in [0, 0.05) is 10.0 Å². The molecule has 1 atom stereocenters. The minimum Gasteiger partial charge on any atom is -0.497 e. The van der Waals surface area contributed by atoms with Crippen LogP contribution in [-0.2, 0) is 6.42 Å². The summed E-state index contributed by atoms with van der Waals surface area (Å²) in [6.07, 6.45) is 0.657. The molecule has 1 aliphatic carbocycles. The fourth-order valence-electron chi connectivity index (χ4n) is 2.71. The molecular formula is C16H11Cl2NO. The molecule has 0 saturated carbocycles. The molecule has 0 saturated heterocycles. The SMILES string of the molecule is COc1ccc2c(c1)-c1cc(Cl)cc(Cl)c1C(C#N)C2. The number of halogens is 2. The summed E-state index contributed by atoms with van der Waals surface area (Å²) < 4.78 is 5.28. The number of hydrogen-bond acceptors (Lipinski definition) is 2. The Morgan fingerprint density at radius 1 is 1.20 bits per heavy atom. The summed E-state index contributed by atoms with van der Waals surface area (Å²) in [5.41, 5.74) is 3.94. The molecule has 3 rings (SSSR count). The Morgan fingerprint density at radius 2 is 2.00 bits per heavy atom. The number of rotatable bonds is 1. The van der Waals surface area contributed by atoms with Crippen molar-refractivity contribution in [2.24, 2.45) is 0 Å².